The Hall–Kier alpha value is -0.410. The van der Waals surface area contributed by atoms with Gasteiger partial charge in [0.25, 0.3) is 0 Å². The van der Waals surface area contributed by atoms with Gasteiger partial charge in [-0.25, -0.2) is 0 Å². The zero-order valence-corrected chi connectivity index (χ0v) is 11.9. The second-order valence-corrected chi connectivity index (χ2v) is 6.69. The number of nitrogens with zero attached hydrogens (tertiary/aromatic N) is 1. The molecule has 4 atom stereocenters. The Morgan fingerprint density at radius 1 is 0.895 bits per heavy atom. The molecule has 1 aliphatic heterocycles. The van der Waals surface area contributed by atoms with Gasteiger partial charge in [-0.2, -0.15) is 0 Å². The second-order valence-electron chi connectivity index (χ2n) is 6.69. The maximum atomic E-state index is 12.1. The van der Waals surface area contributed by atoms with Crippen molar-refractivity contribution in [1.82, 2.24) is 4.90 Å². The minimum Gasteiger partial charge on any atom is -0.391 e. The number of likely N-dealkylation sites (tertiary alicyclic amines) is 1. The molecule has 1 saturated heterocycles. The standard InChI is InChI=1S/C16H27NO2/c18-15-10-5-6-12(15)13-7-3-4-11-17(13)14-8-1-2-9-16(14)19/h12-14,16,19H,1-11H2. The number of aliphatic hydroxyl groups excluding tert-OH is 1. The number of piperidine rings is 1. The van der Waals surface area contributed by atoms with E-state index in [-0.39, 0.29) is 12.0 Å². The molecule has 0 amide bonds. The van der Waals surface area contributed by atoms with E-state index in [1.807, 2.05) is 0 Å². The molecule has 1 heterocycles. The maximum Gasteiger partial charge on any atom is 0.137 e. The van der Waals surface area contributed by atoms with Gasteiger partial charge in [0.2, 0.25) is 0 Å². The van der Waals surface area contributed by atoms with Crippen molar-refractivity contribution >= 4 is 5.78 Å². The van der Waals surface area contributed by atoms with Gasteiger partial charge in [0, 0.05) is 24.4 Å². The molecule has 3 aliphatic rings. The van der Waals surface area contributed by atoms with Crippen LogP contribution in [0.15, 0.2) is 0 Å². The monoisotopic (exact) mass is 265 g/mol. The van der Waals surface area contributed by atoms with Crippen LogP contribution < -0.4 is 0 Å². The smallest absolute Gasteiger partial charge is 0.137 e. The van der Waals surface area contributed by atoms with Crippen LogP contribution in [0, 0.1) is 5.92 Å². The summed E-state index contributed by atoms with van der Waals surface area (Å²) in [6.07, 6.45) is 10.9. The topological polar surface area (TPSA) is 40.5 Å². The molecule has 0 aromatic carbocycles. The van der Waals surface area contributed by atoms with E-state index in [1.54, 1.807) is 0 Å². The van der Waals surface area contributed by atoms with Crippen molar-refractivity contribution in [3.8, 4) is 0 Å². The van der Waals surface area contributed by atoms with Crippen molar-refractivity contribution < 1.29 is 9.90 Å². The summed E-state index contributed by atoms with van der Waals surface area (Å²) in [6.45, 7) is 1.09. The van der Waals surface area contributed by atoms with Gasteiger partial charge in [-0.15, -0.1) is 0 Å². The highest BCUT2D eigenvalue weighted by molar-refractivity contribution is 5.83. The molecule has 108 valence electrons. The largest absolute Gasteiger partial charge is 0.391 e. The molecule has 2 saturated carbocycles. The number of hydrogen-bond acceptors (Lipinski definition) is 3. The van der Waals surface area contributed by atoms with Gasteiger partial charge in [-0.1, -0.05) is 19.3 Å². The molecule has 3 fully saturated rings. The molecule has 3 nitrogen and oxygen atoms in total. The summed E-state index contributed by atoms with van der Waals surface area (Å²) >= 11 is 0. The third-order valence-electron chi connectivity index (χ3n) is 5.53. The van der Waals surface area contributed by atoms with Crippen LogP contribution in [-0.2, 0) is 4.79 Å². The van der Waals surface area contributed by atoms with Gasteiger partial charge in [0.05, 0.1) is 6.10 Å². The van der Waals surface area contributed by atoms with Crippen LogP contribution >= 0.6 is 0 Å². The number of carbonyl (C=O) groups excluding carboxylic acids is 1. The SMILES string of the molecule is O=C1CCCC1C1CCCCN1C1CCCCC1O. The maximum absolute atomic E-state index is 12.1. The van der Waals surface area contributed by atoms with Gasteiger partial charge < -0.3 is 5.11 Å². The quantitative estimate of drug-likeness (QED) is 0.834. The molecule has 0 radical (unpaired) electrons. The minimum atomic E-state index is -0.161. The summed E-state index contributed by atoms with van der Waals surface area (Å²) in [4.78, 5) is 14.6. The average molecular weight is 265 g/mol. The Morgan fingerprint density at radius 3 is 2.37 bits per heavy atom. The molecule has 0 aromatic rings. The van der Waals surface area contributed by atoms with E-state index < -0.39 is 0 Å². The Labute approximate surface area is 116 Å². The Kier molecular flexibility index (Phi) is 4.23. The zero-order chi connectivity index (χ0) is 13.2. The van der Waals surface area contributed by atoms with Gasteiger partial charge in [-0.05, 0) is 45.1 Å². The lowest BCUT2D eigenvalue weighted by atomic mass is 9.83. The van der Waals surface area contributed by atoms with Gasteiger partial charge in [0.15, 0.2) is 0 Å². The van der Waals surface area contributed by atoms with Crippen molar-refractivity contribution in [2.24, 2.45) is 5.92 Å². The van der Waals surface area contributed by atoms with Crippen LogP contribution in [-0.4, -0.2) is 40.5 Å². The predicted molar refractivity (Wildman–Crippen MR) is 75.0 cm³/mol. The van der Waals surface area contributed by atoms with E-state index in [0.717, 1.165) is 38.6 Å². The average Bonchev–Trinajstić information content (AvgIpc) is 2.86. The van der Waals surface area contributed by atoms with Crippen LogP contribution in [0.4, 0.5) is 0 Å². The highest BCUT2D eigenvalue weighted by Gasteiger charge is 2.41. The van der Waals surface area contributed by atoms with Crippen molar-refractivity contribution in [2.45, 2.75) is 82.4 Å². The van der Waals surface area contributed by atoms with Crippen LogP contribution in [0.3, 0.4) is 0 Å². The van der Waals surface area contributed by atoms with E-state index in [1.165, 1.54) is 32.1 Å². The van der Waals surface area contributed by atoms with Gasteiger partial charge in [0.1, 0.15) is 5.78 Å². The zero-order valence-electron chi connectivity index (χ0n) is 11.9. The van der Waals surface area contributed by atoms with E-state index in [0.29, 0.717) is 17.9 Å². The van der Waals surface area contributed by atoms with Crippen LogP contribution in [0.1, 0.15) is 64.2 Å². The van der Waals surface area contributed by atoms with E-state index >= 15 is 0 Å². The molecule has 3 heteroatoms. The summed E-state index contributed by atoms with van der Waals surface area (Å²) in [6, 6.07) is 0.758. The van der Waals surface area contributed by atoms with E-state index in [9.17, 15) is 9.90 Å². The molecular formula is C16H27NO2. The fraction of sp³-hybridized carbons (Fsp3) is 0.938. The Bertz CT molecular complexity index is 331. The summed E-state index contributed by atoms with van der Waals surface area (Å²) in [5.74, 6) is 0.761. The molecule has 1 N–H and O–H groups in total. The van der Waals surface area contributed by atoms with Crippen molar-refractivity contribution in [1.29, 1.82) is 0 Å². The highest BCUT2D eigenvalue weighted by atomic mass is 16.3. The highest BCUT2D eigenvalue weighted by Crippen LogP contribution is 2.36. The molecule has 0 bridgehead atoms. The molecule has 3 rings (SSSR count). The molecule has 19 heavy (non-hydrogen) atoms. The van der Waals surface area contributed by atoms with Crippen LogP contribution in [0.2, 0.25) is 0 Å². The fourth-order valence-electron chi connectivity index (χ4n) is 4.55. The summed E-state index contributed by atoms with van der Waals surface area (Å²) < 4.78 is 0. The van der Waals surface area contributed by atoms with Gasteiger partial charge >= 0.3 is 0 Å². The lowest BCUT2D eigenvalue weighted by Crippen LogP contribution is -2.55. The van der Waals surface area contributed by atoms with Crippen LogP contribution in [0.5, 0.6) is 0 Å². The summed E-state index contributed by atoms with van der Waals surface area (Å²) in [7, 11) is 0. The first kappa shape index (κ1) is 13.6. The fourth-order valence-corrected chi connectivity index (χ4v) is 4.55. The summed E-state index contributed by atoms with van der Waals surface area (Å²) in [5, 5.41) is 10.3. The number of Topliss-reactive ketones (excluding diaryl/α,β-unsaturated/α-hetero) is 1. The number of rotatable bonds is 2. The normalized spacial score (nSPS) is 41.6. The number of hydrogen-bond donors (Lipinski definition) is 1. The van der Waals surface area contributed by atoms with E-state index in [2.05, 4.69) is 4.90 Å². The van der Waals surface area contributed by atoms with Crippen LogP contribution in [0.25, 0.3) is 0 Å². The molecule has 4 unspecified atom stereocenters. The van der Waals surface area contributed by atoms with Gasteiger partial charge in [-0.3, -0.25) is 9.69 Å². The first-order valence-corrected chi connectivity index (χ1v) is 8.24. The Morgan fingerprint density at radius 2 is 1.63 bits per heavy atom. The van der Waals surface area contributed by atoms with Crippen molar-refractivity contribution in [3.05, 3.63) is 0 Å². The minimum absolute atomic E-state index is 0.161. The number of ketones is 1. The first-order valence-electron chi connectivity index (χ1n) is 8.24. The first-order chi connectivity index (χ1) is 9.27. The lowest BCUT2D eigenvalue weighted by Gasteiger charge is -2.46. The third-order valence-corrected chi connectivity index (χ3v) is 5.53. The second kappa shape index (κ2) is 5.92. The molecule has 0 aromatic heterocycles. The molecular weight excluding hydrogens is 238 g/mol. The molecule has 0 spiro atoms. The van der Waals surface area contributed by atoms with Crippen molar-refractivity contribution in [3.63, 3.8) is 0 Å². The lowest BCUT2D eigenvalue weighted by molar-refractivity contribution is -0.124. The predicted octanol–water partition coefficient (Wildman–Crippen LogP) is 2.51. The number of carbonyl (C=O) groups is 1. The van der Waals surface area contributed by atoms with E-state index in [4.69, 9.17) is 0 Å². The summed E-state index contributed by atoms with van der Waals surface area (Å²) in [5.41, 5.74) is 0. The Balaban J connectivity index is 1.74. The van der Waals surface area contributed by atoms with Crippen molar-refractivity contribution in [2.75, 3.05) is 6.54 Å². The molecule has 2 aliphatic carbocycles. The number of aliphatic hydroxyl groups is 1. The third kappa shape index (κ3) is 2.73.